The highest BCUT2D eigenvalue weighted by molar-refractivity contribution is 6.27. The summed E-state index contributed by atoms with van der Waals surface area (Å²) in [6, 6.07) is 14.1. The van der Waals surface area contributed by atoms with Gasteiger partial charge in [0.25, 0.3) is 0 Å². The van der Waals surface area contributed by atoms with Crippen molar-refractivity contribution >= 4 is 17.6 Å². The fraction of sp³-hybridized carbons (Fsp3) is 0.333. The number of ether oxygens (including phenoxy) is 2. The Morgan fingerprint density at radius 1 is 0.900 bits per heavy atom. The van der Waals surface area contributed by atoms with Crippen LogP contribution in [0.4, 0.5) is 10.1 Å². The number of benzene rings is 2. The van der Waals surface area contributed by atoms with Gasteiger partial charge in [0.1, 0.15) is 12.4 Å². The van der Waals surface area contributed by atoms with Gasteiger partial charge in [0.2, 0.25) is 0 Å². The van der Waals surface area contributed by atoms with Crippen LogP contribution in [0.1, 0.15) is 13.3 Å². The van der Waals surface area contributed by atoms with Crippen LogP contribution in [0.5, 0.6) is 11.5 Å². The van der Waals surface area contributed by atoms with E-state index in [1.54, 1.807) is 12.1 Å². The number of carboxylic acid groups (broad SMARTS) is 2. The Hall–Kier alpha value is -3.33. The van der Waals surface area contributed by atoms with Gasteiger partial charge in [-0.3, -0.25) is 0 Å². The molecule has 4 N–H and O–H groups in total. The van der Waals surface area contributed by atoms with Gasteiger partial charge in [-0.05, 0) is 56.3 Å². The summed E-state index contributed by atoms with van der Waals surface area (Å²) in [7, 11) is 0. The number of halogens is 1. The molecule has 0 amide bonds. The van der Waals surface area contributed by atoms with Gasteiger partial charge in [-0.15, -0.1) is 0 Å². The SMILES string of the molecule is CCOc1ccccc1OCCNCCCNc1ccc(F)cc1.O=C(O)C(=O)O. The van der Waals surface area contributed by atoms with Crippen molar-refractivity contribution < 1.29 is 33.7 Å². The molecule has 2 rings (SSSR count). The molecular weight excluding hydrogens is 395 g/mol. The van der Waals surface area contributed by atoms with E-state index >= 15 is 0 Å². The van der Waals surface area contributed by atoms with Gasteiger partial charge < -0.3 is 30.3 Å². The highest BCUT2D eigenvalue weighted by atomic mass is 19.1. The number of aliphatic carboxylic acids is 2. The molecule has 0 spiro atoms. The summed E-state index contributed by atoms with van der Waals surface area (Å²) in [5, 5.41) is 21.4. The summed E-state index contributed by atoms with van der Waals surface area (Å²) in [6.07, 6.45) is 0.979. The number of hydrogen-bond donors (Lipinski definition) is 4. The van der Waals surface area contributed by atoms with Gasteiger partial charge in [0.05, 0.1) is 6.61 Å². The molecular formula is C21H27FN2O6. The number of carboxylic acids is 2. The maximum absolute atomic E-state index is 12.8. The van der Waals surface area contributed by atoms with Crippen LogP contribution < -0.4 is 20.1 Å². The van der Waals surface area contributed by atoms with E-state index in [2.05, 4.69) is 10.6 Å². The molecule has 0 aliphatic carbocycles. The minimum absolute atomic E-state index is 0.215. The van der Waals surface area contributed by atoms with E-state index in [0.717, 1.165) is 43.2 Å². The molecule has 0 radical (unpaired) electrons. The van der Waals surface area contributed by atoms with Gasteiger partial charge in [0, 0.05) is 18.8 Å². The third-order valence-electron chi connectivity index (χ3n) is 3.57. The van der Waals surface area contributed by atoms with Crippen LogP contribution in [0.3, 0.4) is 0 Å². The number of anilines is 1. The van der Waals surface area contributed by atoms with Crippen molar-refractivity contribution in [2.45, 2.75) is 13.3 Å². The molecule has 0 atom stereocenters. The molecule has 0 unspecified atom stereocenters. The van der Waals surface area contributed by atoms with Gasteiger partial charge in [0.15, 0.2) is 11.5 Å². The predicted molar refractivity (Wildman–Crippen MR) is 111 cm³/mol. The first-order chi connectivity index (χ1) is 14.4. The summed E-state index contributed by atoms with van der Waals surface area (Å²) in [5.74, 6) is -2.30. The number of hydrogen-bond acceptors (Lipinski definition) is 6. The van der Waals surface area contributed by atoms with Gasteiger partial charge >= 0.3 is 11.9 Å². The van der Waals surface area contributed by atoms with Crippen molar-refractivity contribution in [2.24, 2.45) is 0 Å². The Balaban J connectivity index is 0.000000656. The average molecular weight is 422 g/mol. The highest BCUT2D eigenvalue weighted by Crippen LogP contribution is 2.25. The quantitative estimate of drug-likeness (QED) is 0.323. The second kappa shape index (κ2) is 14.6. The first-order valence-corrected chi connectivity index (χ1v) is 9.45. The molecule has 0 aromatic heterocycles. The third-order valence-corrected chi connectivity index (χ3v) is 3.57. The molecule has 2 aromatic carbocycles. The lowest BCUT2D eigenvalue weighted by Gasteiger charge is -2.12. The Kier molecular flexibility index (Phi) is 12.1. The molecule has 0 bridgehead atoms. The largest absolute Gasteiger partial charge is 0.490 e. The Labute approximate surface area is 174 Å². The average Bonchev–Trinajstić information content (AvgIpc) is 2.73. The van der Waals surface area contributed by atoms with Crippen LogP contribution in [0.15, 0.2) is 48.5 Å². The summed E-state index contributed by atoms with van der Waals surface area (Å²) in [4.78, 5) is 18.2. The molecule has 0 saturated carbocycles. The lowest BCUT2D eigenvalue weighted by atomic mass is 10.3. The van der Waals surface area contributed by atoms with E-state index in [1.165, 1.54) is 12.1 Å². The van der Waals surface area contributed by atoms with E-state index < -0.39 is 11.9 Å². The molecule has 30 heavy (non-hydrogen) atoms. The molecule has 164 valence electrons. The molecule has 9 heteroatoms. The number of para-hydroxylation sites is 2. The summed E-state index contributed by atoms with van der Waals surface area (Å²) in [6.45, 7) is 5.68. The van der Waals surface area contributed by atoms with Crippen LogP contribution in [0.2, 0.25) is 0 Å². The van der Waals surface area contributed by atoms with Crippen LogP contribution in [0.25, 0.3) is 0 Å². The fourth-order valence-electron chi connectivity index (χ4n) is 2.22. The van der Waals surface area contributed by atoms with Gasteiger partial charge in [-0.1, -0.05) is 12.1 Å². The predicted octanol–water partition coefficient (Wildman–Crippen LogP) is 2.85. The van der Waals surface area contributed by atoms with Crippen molar-refractivity contribution in [1.82, 2.24) is 5.32 Å². The number of nitrogens with one attached hydrogen (secondary N) is 2. The van der Waals surface area contributed by atoms with E-state index in [9.17, 15) is 4.39 Å². The van der Waals surface area contributed by atoms with Crippen molar-refractivity contribution in [3.8, 4) is 11.5 Å². The van der Waals surface area contributed by atoms with Crippen molar-refractivity contribution in [3.63, 3.8) is 0 Å². The monoisotopic (exact) mass is 422 g/mol. The topological polar surface area (TPSA) is 117 Å². The summed E-state index contributed by atoms with van der Waals surface area (Å²) in [5.41, 5.74) is 0.937. The van der Waals surface area contributed by atoms with E-state index in [0.29, 0.717) is 13.2 Å². The third kappa shape index (κ3) is 10.9. The summed E-state index contributed by atoms with van der Waals surface area (Å²) < 4.78 is 24.0. The number of carbonyl (C=O) groups is 2. The Morgan fingerprint density at radius 2 is 1.50 bits per heavy atom. The minimum atomic E-state index is -1.82. The van der Waals surface area contributed by atoms with E-state index in [1.807, 2.05) is 31.2 Å². The summed E-state index contributed by atoms with van der Waals surface area (Å²) >= 11 is 0. The maximum Gasteiger partial charge on any atom is 0.414 e. The molecule has 0 aliphatic rings. The zero-order chi connectivity index (χ0) is 22.2. The molecule has 0 heterocycles. The van der Waals surface area contributed by atoms with Crippen LogP contribution in [-0.4, -0.2) is 55.0 Å². The normalized spacial score (nSPS) is 9.80. The fourth-order valence-corrected chi connectivity index (χ4v) is 2.22. The second-order valence-corrected chi connectivity index (χ2v) is 5.88. The van der Waals surface area contributed by atoms with Crippen molar-refractivity contribution in [2.75, 3.05) is 38.2 Å². The van der Waals surface area contributed by atoms with E-state index in [-0.39, 0.29) is 5.82 Å². The molecule has 8 nitrogen and oxygen atoms in total. The lowest BCUT2D eigenvalue weighted by Crippen LogP contribution is -2.23. The van der Waals surface area contributed by atoms with Crippen LogP contribution in [-0.2, 0) is 9.59 Å². The van der Waals surface area contributed by atoms with Crippen LogP contribution in [0, 0.1) is 5.82 Å². The smallest absolute Gasteiger partial charge is 0.414 e. The second-order valence-electron chi connectivity index (χ2n) is 5.88. The molecule has 0 fully saturated rings. The molecule has 2 aromatic rings. The standard InChI is InChI=1S/C19H25FN2O2.C2H2O4/c1-2-23-18-6-3-4-7-19(18)24-15-14-21-12-5-13-22-17-10-8-16(20)9-11-17;3-1(4)2(5)6/h3-4,6-11,21-22H,2,5,12-15H2,1H3;(H,3,4)(H,5,6). The molecule has 0 aliphatic heterocycles. The maximum atomic E-state index is 12.8. The molecule has 0 saturated heterocycles. The van der Waals surface area contributed by atoms with Crippen LogP contribution >= 0.6 is 0 Å². The van der Waals surface area contributed by atoms with Crippen molar-refractivity contribution in [3.05, 3.63) is 54.3 Å². The van der Waals surface area contributed by atoms with Gasteiger partial charge in [-0.25, -0.2) is 14.0 Å². The first-order valence-electron chi connectivity index (χ1n) is 9.45. The Morgan fingerprint density at radius 3 is 2.07 bits per heavy atom. The zero-order valence-corrected chi connectivity index (χ0v) is 16.8. The van der Waals surface area contributed by atoms with Crippen molar-refractivity contribution in [1.29, 1.82) is 0 Å². The highest BCUT2D eigenvalue weighted by Gasteiger charge is 2.04. The van der Waals surface area contributed by atoms with E-state index in [4.69, 9.17) is 29.3 Å². The number of rotatable bonds is 11. The minimum Gasteiger partial charge on any atom is -0.490 e. The van der Waals surface area contributed by atoms with Gasteiger partial charge in [-0.2, -0.15) is 0 Å². The lowest BCUT2D eigenvalue weighted by molar-refractivity contribution is -0.159. The Bertz CT molecular complexity index is 758. The first kappa shape index (κ1) is 24.7. The zero-order valence-electron chi connectivity index (χ0n) is 16.8.